The van der Waals surface area contributed by atoms with E-state index >= 15 is 0 Å². The largest absolute Gasteiger partial charge is 0.337 e. The average Bonchev–Trinajstić information content (AvgIpc) is 2.29. The summed E-state index contributed by atoms with van der Waals surface area (Å²) in [6.07, 6.45) is 6.89. The Hall–Kier alpha value is -0.530. The highest BCUT2D eigenvalue weighted by atomic mass is 16.2. The van der Waals surface area contributed by atoms with Crippen LogP contribution in [0, 0.1) is 0 Å². The first-order valence-corrected chi connectivity index (χ1v) is 5.09. The fourth-order valence-electron chi connectivity index (χ4n) is 2.56. The van der Waals surface area contributed by atoms with Gasteiger partial charge in [0.15, 0.2) is 0 Å². The molecular weight excluding hydrogens is 150 g/mol. The van der Waals surface area contributed by atoms with Crippen LogP contribution in [-0.2, 0) is 4.79 Å². The van der Waals surface area contributed by atoms with Gasteiger partial charge in [0.25, 0.3) is 0 Å². The van der Waals surface area contributed by atoms with Crippen molar-refractivity contribution < 1.29 is 4.79 Å². The molecule has 2 aliphatic rings. The standard InChI is InChI=1S/C10H17NO/c1-2-8-11-9(12)4-7-10(11)5-3-6-10/h2-8H2,1H3. The van der Waals surface area contributed by atoms with Gasteiger partial charge in [-0.3, -0.25) is 4.79 Å². The summed E-state index contributed by atoms with van der Waals surface area (Å²) in [6, 6.07) is 0. The average molecular weight is 167 g/mol. The van der Waals surface area contributed by atoms with Crippen molar-refractivity contribution in [3.63, 3.8) is 0 Å². The molecule has 68 valence electrons. The van der Waals surface area contributed by atoms with E-state index in [-0.39, 0.29) is 0 Å². The molecule has 1 aliphatic carbocycles. The number of rotatable bonds is 2. The summed E-state index contributed by atoms with van der Waals surface area (Å²) in [4.78, 5) is 13.6. The Morgan fingerprint density at radius 3 is 2.67 bits per heavy atom. The molecule has 1 saturated carbocycles. The lowest BCUT2D eigenvalue weighted by atomic mass is 9.75. The van der Waals surface area contributed by atoms with Crippen molar-refractivity contribution in [2.75, 3.05) is 6.54 Å². The first-order valence-electron chi connectivity index (χ1n) is 5.09. The highest BCUT2D eigenvalue weighted by molar-refractivity contribution is 5.79. The van der Waals surface area contributed by atoms with Gasteiger partial charge in [-0.15, -0.1) is 0 Å². The molecule has 0 radical (unpaired) electrons. The van der Waals surface area contributed by atoms with E-state index in [0.717, 1.165) is 25.8 Å². The number of hydrogen-bond donors (Lipinski definition) is 0. The first kappa shape index (κ1) is 8.09. The topological polar surface area (TPSA) is 20.3 Å². The van der Waals surface area contributed by atoms with Gasteiger partial charge in [0.1, 0.15) is 0 Å². The van der Waals surface area contributed by atoms with Crippen LogP contribution in [0.1, 0.15) is 45.4 Å². The lowest BCUT2D eigenvalue weighted by molar-refractivity contribution is -0.133. The zero-order chi connectivity index (χ0) is 8.60. The summed E-state index contributed by atoms with van der Waals surface area (Å²) >= 11 is 0. The number of carbonyl (C=O) groups excluding carboxylic acids is 1. The minimum atomic E-state index is 0.340. The van der Waals surface area contributed by atoms with Crippen molar-refractivity contribution in [2.45, 2.75) is 51.0 Å². The molecule has 12 heavy (non-hydrogen) atoms. The molecule has 2 rings (SSSR count). The SMILES string of the molecule is CCCN1C(=O)CCC12CCC2. The molecule has 1 amide bonds. The van der Waals surface area contributed by atoms with Crippen molar-refractivity contribution in [3.8, 4) is 0 Å². The Morgan fingerprint density at radius 2 is 2.17 bits per heavy atom. The maximum absolute atomic E-state index is 11.5. The molecule has 0 bridgehead atoms. The molecule has 0 aromatic heterocycles. The molecule has 2 nitrogen and oxygen atoms in total. The second-order valence-electron chi connectivity index (χ2n) is 4.12. The smallest absolute Gasteiger partial charge is 0.223 e. The van der Waals surface area contributed by atoms with E-state index in [9.17, 15) is 4.79 Å². The highest BCUT2D eigenvalue weighted by Gasteiger charge is 2.48. The summed E-state index contributed by atoms with van der Waals surface area (Å²) < 4.78 is 0. The normalized spacial score (nSPS) is 26.4. The molecule has 0 aromatic carbocycles. The summed E-state index contributed by atoms with van der Waals surface area (Å²) in [6.45, 7) is 3.14. The Bertz CT molecular complexity index is 196. The van der Waals surface area contributed by atoms with E-state index in [4.69, 9.17) is 0 Å². The lowest BCUT2D eigenvalue weighted by Gasteiger charge is -2.45. The molecule has 1 aliphatic heterocycles. The Labute approximate surface area is 73.9 Å². The van der Waals surface area contributed by atoms with E-state index in [1.807, 2.05) is 0 Å². The van der Waals surface area contributed by atoms with Gasteiger partial charge >= 0.3 is 0 Å². The van der Waals surface area contributed by atoms with E-state index in [1.54, 1.807) is 0 Å². The third-order valence-corrected chi connectivity index (χ3v) is 3.41. The van der Waals surface area contributed by atoms with Crippen LogP contribution in [0.5, 0.6) is 0 Å². The van der Waals surface area contributed by atoms with Gasteiger partial charge in [0, 0.05) is 18.5 Å². The molecule has 0 N–H and O–H groups in total. The zero-order valence-corrected chi connectivity index (χ0v) is 7.81. The maximum Gasteiger partial charge on any atom is 0.223 e. The molecule has 2 fully saturated rings. The second kappa shape index (κ2) is 2.75. The Kier molecular flexibility index (Phi) is 1.85. The van der Waals surface area contributed by atoms with Gasteiger partial charge < -0.3 is 4.90 Å². The predicted octanol–water partition coefficient (Wildman–Crippen LogP) is 1.94. The third-order valence-electron chi connectivity index (χ3n) is 3.41. The predicted molar refractivity (Wildman–Crippen MR) is 47.8 cm³/mol. The highest BCUT2D eigenvalue weighted by Crippen LogP contribution is 2.45. The molecule has 1 spiro atoms. The van der Waals surface area contributed by atoms with Crippen molar-refractivity contribution >= 4 is 5.91 Å². The van der Waals surface area contributed by atoms with Gasteiger partial charge in [-0.2, -0.15) is 0 Å². The minimum Gasteiger partial charge on any atom is -0.337 e. The van der Waals surface area contributed by atoms with E-state index in [1.165, 1.54) is 19.3 Å². The quantitative estimate of drug-likeness (QED) is 0.615. The van der Waals surface area contributed by atoms with E-state index in [0.29, 0.717) is 11.4 Å². The van der Waals surface area contributed by atoms with Crippen LogP contribution >= 0.6 is 0 Å². The molecule has 0 atom stereocenters. The molecule has 2 heteroatoms. The maximum atomic E-state index is 11.5. The zero-order valence-electron chi connectivity index (χ0n) is 7.81. The Morgan fingerprint density at radius 1 is 1.42 bits per heavy atom. The number of carbonyl (C=O) groups is 1. The van der Waals surface area contributed by atoms with Crippen molar-refractivity contribution in [2.24, 2.45) is 0 Å². The molecular formula is C10H17NO. The summed E-state index contributed by atoms with van der Waals surface area (Å²) in [5, 5.41) is 0. The van der Waals surface area contributed by atoms with E-state index < -0.39 is 0 Å². The van der Waals surface area contributed by atoms with Gasteiger partial charge in [-0.25, -0.2) is 0 Å². The van der Waals surface area contributed by atoms with Crippen LogP contribution < -0.4 is 0 Å². The molecule has 1 heterocycles. The lowest BCUT2D eigenvalue weighted by Crippen LogP contribution is -2.50. The summed E-state index contributed by atoms with van der Waals surface area (Å²) in [7, 11) is 0. The van der Waals surface area contributed by atoms with Crippen LogP contribution in [-0.4, -0.2) is 22.9 Å². The van der Waals surface area contributed by atoms with Crippen molar-refractivity contribution in [1.82, 2.24) is 4.90 Å². The molecule has 0 aromatic rings. The number of nitrogens with zero attached hydrogens (tertiary/aromatic N) is 1. The van der Waals surface area contributed by atoms with Crippen molar-refractivity contribution in [3.05, 3.63) is 0 Å². The summed E-state index contributed by atoms with van der Waals surface area (Å²) in [5.74, 6) is 0.400. The number of amides is 1. The number of likely N-dealkylation sites (tertiary alicyclic amines) is 1. The van der Waals surface area contributed by atoms with Crippen LogP contribution in [0.2, 0.25) is 0 Å². The monoisotopic (exact) mass is 167 g/mol. The van der Waals surface area contributed by atoms with Crippen molar-refractivity contribution in [1.29, 1.82) is 0 Å². The van der Waals surface area contributed by atoms with Crippen LogP contribution in [0.4, 0.5) is 0 Å². The molecule has 0 unspecified atom stereocenters. The number of hydrogen-bond acceptors (Lipinski definition) is 1. The van der Waals surface area contributed by atoms with Gasteiger partial charge in [0.2, 0.25) is 5.91 Å². The minimum absolute atomic E-state index is 0.340. The van der Waals surface area contributed by atoms with Gasteiger partial charge in [0.05, 0.1) is 0 Å². The van der Waals surface area contributed by atoms with Crippen LogP contribution in [0.15, 0.2) is 0 Å². The van der Waals surface area contributed by atoms with Crippen LogP contribution in [0.25, 0.3) is 0 Å². The third kappa shape index (κ3) is 0.970. The Balaban J connectivity index is 2.08. The first-order chi connectivity index (χ1) is 5.78. The fraction of sp³-hybridized carbons (Fsp3) is 0.900. The molecule has 1 saturated heterocycles. The summed E-state index contributed by atoms with van der Waals surface area (Å²) in [5.41, 5.74) is 0.340. The van der Waals surface area contributed by atoms with Gasteiger partial charge in [-0.1, -0.05) is 6.92 Å². The van der Waals surface area contributed by atoms with Crippen LogP contribution in [0.3, 0.4) is 0 Å². The van der Waals surface area contributed by atoms with E-state index in [2.05, 4.69) is 11.8 Å². The second-order valence-corrected chi connectivity index (χ2v) is 4.12. The fourth-order valence-corrected chi connectivity index (χ4v) is 2.56. The van der Waals surface area contributed by atoms with Gasteiger partial charge in [-0.05, 0) is 32.1 Å².